The molecule has 0 saturated heterocycles. The van der Waals surface area contributed by atoms with Gasteiger partial charge in [0.25, 0.3) is 0 Å². The molecule has 2 nitrogen and oxygen atoms in total. The largest absolute Gasteiger partial charge is 0.310 e. The molecular weight excluding hydrogens is 653 g/mol. The number of rotatable bonds is 10. The quantitative estimate of drug-likeness (QED) is 0.131. The third-order valence-corrected chi connectivity index (χ3v) is 11.3. The zero-order valence-electron chi connectivity index (χ0n) is 33.1. The summed E-state index contributed by atoms with van der Waals surface area (Å²) in [5.74, 6) is 1.61. The number of para-hydroxylation sites is 2. The van der Waals surface area contributed by atoms with Crippen molar-refractivity contribution in [1.82, 2.24) is 0 Å². The predicted octanol–water partition coefficient (Wildman–Crippen LogP) is 16.0. The summed E-state index contributed by atoms with van der Waals surface area (Å²) in [7, 11) is 0. The summed E-state index contributed by atoms with van der Waals surface area (Å²) in [6.45, 7) is 18.4. The molecule has 0 fully saturated rings. The molecule has 0 aliphatic rings. The van der Waals surface area contributed by atoms with E-state index in [1.54, 1.807) is 0 Å². The van der Waals surface area contributed by atoms with Gasteiger partial charge in [-0.05, 0) is 128 Å². The van der Waals surface area contributed by atoms with Gasteiger partial charge >= 0.3 is 0 Å². The Labute approximate surface area is 322 Å². The van der Waals surface area contributed by atoms with Crippen LogP contribution in [0.4, 0.5) is 34.1 Å². The van der Waals surface area contributed by atoms with Crippen molar-refractivity contribution >= 4 is 66.4 Å². The van der Waals surface area contributed by atoms with Gasteiger partial charge < -0.3 is 9.80 Å². The third kappa shape index (κ3) is 6.18. The van der Waals surface area contributed by atoms with Crippen molar-refractivity contribution in [2.24, 2.45) is 0 Å². The molecule has 270 valence electrons. The molecule has 0 unspecified atom stereocenters. The monoisotopic (exact) mass is 704 g/mol. The number of benzene rings is 8. The first kappa shape index (κ1) is 35.4. The van der Waals surface area contributed by atoms with E-state index in [1.165, 1.54) is 77.3 Å². The lowest BCUT2D eigenvalue weighted by Crippen LogP contribution is -2.13. The Hall–Kier alpha value is -5.60. The Morgan fingerprint density at radius 1 is 0.315 bits per heavy atom. The van der Waals surface area contributed by atoms with E-state index in [1.807, 2.05) is 0 Å². The van der Waals surface area contributed by atoms with Gasteiger partial charge in [-0.3, -0.25) is 0 Å². The van der Waals surface area contributed by atoms with E-state index >= 15 is 0 Å². The van der Waals surface area contributed by atoms with E-state index in [0.717, 1.165) is 11.4 Å². The van der Waals surface area contributed by atoms with Crippen LogP contribution in [0.1, 0.15) is 101 Å². The lowest BCUT2D eigenvalue weighted by molar-refractivity contribution is 0.866. The summed E-state index contributed by atoms with van der Waals surface area (Å²) >= 11 is 0. The lowest BCUT2D eigenvalue weighted by Gasteiger charge is -2.31. The van der Waals surface area contributed by atoms with Gasteiger partial charge in [-0.25, -0.2) is 0 Å². The number of anilines is 6. The third-order valence-electron chi connectivity index (χ3n) is 11.3. The lowest BCUT2D eigenvalue weighted by atomic mass is 9.84. The van der Waals surface area contributed by atoms with E-state index in [0.29, 0.717) is 23.7 Å². The van der Waals surface area contributed by atoms with Gasteiger partial charge in [-0.2, -0.15) is 0 Å². The van der Waals surface area contributed by atoms with Crippen LogP contribution in [-0.4, -0.2) is 0 Å². The smallest absolute Gasteiger partial charge is 0.0543 e. The summed E-state index contributed by atoms with van der Waals surface area (Å²) in [6.07, 6.45) is 0. The second kappa shape index (κ2) is 14.3. The summed E-state index contributed by atoms with van der Waals surface area (Å²) in [5.41, 5.74) is 12.5. The van der Waals surface area contributed by atoms with Crippen molar-refractivity contribution in [3.8, 4) is 0 Å². The zero-order chi connectivity index (χ0) is 37.7. The highest BCUT2D eigenvalue weighted by molar-refractivity contribution is 6.29. The second-order valence-corrected chi connectivity index (χ2v) is 16.2. The molecule has 0 spiro atoms. The first-order valence-electron chi connectivity index (χ1n) is 19.8. The topological polar surface area (TPSA) is 6.48 Å². The predicted molar refractivity (Wildman–Crippen MR) is 236 cm³/mol. The van der Waals surface area contributed by atoms with Crippen LogP contribution >= 0.6 is 0 Å². The molecule has 0 bridgehead atoms. The fourth-order valence-electron chi connectivity index (χ4n) is 8.36. The highest BCUT2D eigenvalue weighted by atomic mass is 15.1. The van der Waals surface area contributed by atoms with Gasteiger partial charge in [0.15, 0.2) is 0 Å². The first-order chi connectivity index (χ1) is 26.1. The van der Waals surface area contributed by atoms with Crippen molar-refractivity contribution in [1.29, 1.82) is 0 Å². The van der Waals surface area contributed by atoms with E-state index in [-0.39, 0.29) is 0 Å². The molecule has 0 radical (unpaired) electrons. The Bertz CT molecular complexity index is 2350. The van der Waals surface area contributed by atoms with Gasteiger partial charge in [0.05, 0.1) is 11.4 Å². The average Bonchev–Trinajstić information content (AvgIpc) is 3.18. The summed E-state index contributed by atoms with van der Waals surface area (Å²) in [5, 5.41) is 7.90. The van der Waals surface area contributed by atoms with Crippen molar-refractivity contribution in [3.05, 3.63) is 168 Å². The summed E-state index contributed by atoms with van der Waals surface area (Å²) < 4.78 is 0. The van der Waals surface area contributed by atoms with E-state index in [4.69, 9.17) is 0 Å². The minimum Gasteiger partial charge on any atom is -0.310 e. The molecule has 8 aromatic rings. The maximum Gasteiger partial charge on any atom is 0.0543 e. The Kier molecular flexibility index (Phi) is 9.40. The SMILES string of the molecule is CC(C)c1ccc(N(c2ccccc2)c2cc(C(C)C)c3ccc4c(N(c5ccccc5)c5ccc(C(C)C)cc5)cc(C(C)C)c5ccc2c3c54)cc1. The molecule has 8 aromatic carbocycles. The molecular formula is C52H52N2. The van der Waals surface area contributed by atoms with Crippen LogP contribution in [0, 0.1) is 0 Å². The number of hydrogen-bond donors (Lipinski definition) is 0. The van der Waals surface area contributed by atoms with Gasteiger partial charge in [0.1, 0.15) is 0 Å². The van der Waals surface area contributed by atoms with Crippen LogP contribution in [0.15, 0.2) is 146 Å². The van der Waals surface area contributed by atoms with Gasteiger partial charge in [0, 0.05) is 33.5 Å². The first-order valence-corrected chi connectivity index (χ1v) is 19.8. The molecule has 0 aromatic heterocycles. The fraction of sp³-hybridized carbons (Fsp3) is 0.231. The van der Waals surface area contributed by atoms with E-state index in [9.17, 15) is 0 Å². The molecule has 0 aliphatic heterocycles. The molecule has 0 atom stereocenters. The molecule has 54 heavy (non-hydrogen) atoms. The molecule has 0 amide bonds. The second-order valence-electron chi connectivity index (χ2n) is 16.2. The number of nitrogens with zero attached hydrogens (tertiary/aromatic N) is 2. The number of hydrogen-bond acceptors (Lipinski definition) is 2. The van der Waals surface area contributed by atoms with Crippen LogP contribution in [-0.2, 0) is 0 Å². The van der Waals surface area contributed by atoms with Crippen LogP contribution in [0.3, 0.4) is 0 Å². The maximum absolute atomic E-state index is 2.47. The highest BCUT2D eigenvalue weighted by Crippen LogP contribution is 2.51. The van der Waals surface area contributed by atoms with Crippen molar-refractivity contribution in [3.63, 3.8) is 0 Å². The van der Waals surface area contributed by atoms with E-state index < -0.39 is 0 Å². The van der Waals surface area contributed by atoms with Crippen LogP contribution < -0.4 is 9.80 Å². The standard InChI is InChI=1S/C52H52N2/c1-33(2)37-19-23-41(24-20-37)53(39-15-11-9-12-16-39)49-31-47(35(5)6)43-28-30-46-50(32-48(36(7)8)44-27-29-45(49)51(43)52(44)46)54(40-17-13-10-14-18-40)42-25-21-38(22-26-42)34(3)4/h9-36H,1-8H3. The Balaban J connectivity index is 1.48. The minimum atomic E-state index is 0.332. The molecule has 0 N–H and O–H groups in total. The van der Waals surface area contributed by atoms with Crippen LogP contribution in [0.2, 0.25) is 0 Å². The molecule has 0 heterocycles. The van der Waals surface area contributed by atoms with Gasteiger partial charge in [-0.15, -0.1) is 0 Å². The minimum absolute atomic E-state index is 0.332. The highest BCUT2D eigenvalue weighted by Gasteiger charge is 2.26. The molecule has 8 rings (SSSR count). The molecule has 2 heteroatoms. The van der Waals surface area contributed by atoms with Crippen molar-refractivity contribution < 1.29 is 0 Å². The van der Waals surface area contributed by atoms with E-state index in [2.05, 4.69) is 211 Å². The van der Waals surface area contributed by atoms with Gasteiger partial charge in [0.2, 0.25) is 0 Å². The molecule has 0 aliphatic carbocycles. The Morgan fingerprint density at radius 2 is 0.630 bits per heavy atom. The normalized spacial score (nSPS) is 12.0. The Morgan fingerprint density at radius 3 is 0.944 bits per heavy atom. The van der Waals surface area contributed by atoms with Gasteiger partial charge in [-0.1, -0.05) is 140 Å². The fourth-order valence-corrected chi connectivity index (χ4v) is 8.36. The maximum atomic E-state index is 2.47. The zero-order valence-corrected chi connectivity index (χ0v) is 33.1. The molecule has 0 saturated carbocycles. The van der Waals surface area contributed by atoms with Crippen molar-refractivity contribution in [2.75, 3.05) is 9.80 Å². The van der Waals surface area contributed by atoms with Crippen LogP contribution in [0.5, 0.6) is 0 Å². The van der Waals surface area contributed by atoms with Crippen molar-refractivity contribution in [2.45, 2.75) is 79.1 Å². The summed E-state index contributed by atoms with van der Waals surface area (Å²) in [6, 6.07) is 54.7. The average molecular weight is 705 g/mol. The van der Waals surface area contributed by atoms with Crippen LogP contribution in [0.25, 0.3) is 32.3 Å². The summed E-state index contributed by atoms with van der Waals surface area (Å²) in [4.78, 5) is 4.94.